The molecule has 6 heteroatoms. The van der Waals surface area contributed by atoms with Crippen LogP contribution in [0, 0.1) is 0 Å². The number of ether oxygens (including phenoxy) is 1. The lowest BCUT2D eigenvalue weighted by Gasteiger charge is -2.12. The first-order chi connectivity index (χ1) is 8.21. The van der Waals surface area contributed by atoms with Crippen molar-refractivity contribution in [3.05, 3.63) is 34.9 Å². The SMILES string of the molecule is CC(C)OCc1ccc(C(F)(F)F)cc1C(=O)O. The van der Waals surface area contributed by atoms with E-state index in [9.17, 15) is 18.0 Å². The van der Waals surface area contributed by atoms with E-state index in [0.717, 1.165) is 12.1 Å². The van der Waals surface area contributed by atoms with Crippen LogP contribution in [-0.2, 0) is 17.5 Å². The van der Waals surface area contributed by atoms with Gasteiger partial charge in [0.2, 0.25) is 0 Å². The molecule has 18 heavy (non-hydrogen) atoms. The number of carboxylic acid groups (broad SMARTS) is 1. The largest absolute Gasteiger partial charge is 0.478 e. The van der Waals surface area contributed by atoms with Crippen LogP contribution in [0.1, 0.15) is 35.3 Å². The Morgan fingerprint density at radius 2 is 2.00 bits per heavy atom. The summed E-state index contributed by atoms with van der Waals surface area (Å²) in [6, 6.07) is 2.61. The summed E-state index contributed by atoms with van der Waals surface area (Å²) in [4.78, 5) is 10.9. The van der Waals surface area contributed by atoms with Crippen molar-refractivity contribution in [2.75, 3.05) is 0 Å². The van der Waals surface area contributed by atoms with E-state index in [0.29, 0.717) is 6.07 Å². The first-order valence-electron chi connectivity index (χ1n) is 5.27. The number of hydrogen-bond donors (Lipinski definition) is 1. The molecule has 0 fully saturated rings. The number of hydrogen-bond acceptors (Lipinski definition) is 2. The third-order valence-corrected chi connectivity index (χ3v) is 2.24. The third-order valence-electron chi connectivity index (χ3n) is 2.24. The van der Waals surface area contributed by atoms with E-state index in [1.54, 1.807) is 13.8 Å². The Labute approximate surface area is 102 Å². The molecule has 0 aromatic heterocycles. The van der Waals surface area contributed by atoms with Crippen molar-refractivity contribution in [2.45, 2.75) is 32.7 Å². The zero-order chi connectivity index (χ0) is 13.9. The average molecular weight is 262 g/mol. The summed E-state index contributed by atoms with van der Waals surface area (Å²) >= 11 is 0. The molecule has 0 bridgehead atoms. The maximum absolute atomic E-state index is 12.5. The quantitative estimate of drug-likeness (QED) is 0.905. The maximum Gasteiger partial charge on any atom is 0.416 e. The van der Waals surface area contributed by atoms with Crippen LogP contribution in [0.3, 0.4) is 0 Å². The maximum atomic E-state index is 12.5. The molecule has 0 saturated heterocycles. The van der Waals surface area contributed by atoms with Gasteiger partial charge in [0.15, 0.2) is 0 Å². The molecule has 0 amide bonds. The summed E-state index contributed by atoms with van der Waals surface area (Å²) in [7, 11) is 0. The Morgan fingerprint density at radius 3 is 2.44 bits per heavy atom. The number of rotatable bonds is 4. The van der Waals surface area contributed by atoms with Gasteiger partial charge in [-0.15, -0.1) is 0 Å². The zero-order valence-corrected chi connectivity index (χ0v) is 9.91. The predicted molar refractivity (Wildman–Crippen MR) is 58.3 cm³/mol. The number of halogens is 3. The minimum absolute atomic E-state index is 0.0303. The molecule has 100 valence electrons. The van der Waals surface area contributed by atoms with E-state index in [1.807, 2.05) is 0 Å². The van der Waals surface area contributed by atoms with Gasteiger partial charge in [-0.2, -0.15) is 13.2 Å². The monoisotopic (exact) mass is 262 g/mol. The van der Waals surface area contributed by atoms with Crippen molar-refractivity contribution in [1.29, 1.82) is 0 Å². The van der Waals surface area contributed by atoms with E-state index in [1.165, 1.54) is 0 Å². The van der Waals surface area contributed by atoms with Crippen LogP contribution in [0.15, 0.2) is 18.2 Å². The molecular formula is C12H13F3O3. The molecular weight excluding hydrogens is 249 g/mol. The molecule has 1 N–H and O–H groups in total. The van der Waals surface area contributed by atoms with Gasteiger partial charge in [0.25, 0.3) is 0 Å². The molecule has 0 spiro atoms. The van der Waals surface area contributed by atoms with Crippen molar-refractivity contribution in [3.8, 4) is 0 Å². The topological polar surface area (TPSA) is 46.5 Å². The average Bonchev–Trinajstić information content (AvgIpc) is 2.24. The van der Waals surface area contributed by atoms with Crippen LogP contribution in [0.4, 0.5) is 13.2 Å². The van der Waals surface area contributed by atoms with E-state index >= 15 is 0 Å². The highest BCUT2D eigenvalue weighted by Crippen LogP contribution is 2.30. The van der Waals surface area contributed by atoms with Crippen LogP contribution in [0.5, 0.6) is 0 Å². The summed E-state index contributed by atoms with van der Waals surface area (Å²) in [5.74, 6) is -1.40. The van der Waals surface area contributed by atoms with Crippen LogP contribution in [0.25, 0.3) is 0 Å². The smallest absolute Gasteiger partial charge is 0.416 e. The summed E-state index contributed by atoms with van der Waals surface area (Å²) in [5, 5.41) is 8.90. The fourth-order valence-corrected chi connectivity index (χ4v) is 1.33. The van der Waals surface area contributed by atoms with Gasteiger partial charge in [-0.05, 0) is 31.5 Å². The predicted octanol–water partition coefficient (Wildman–Crippen LogP) is 3.33. The van der Waals surface area contributed by atoms with Gasteiger partial charge >= 0.3 is 12.1 Å². The fraction of sp³-hybridized carbons (Fsp3) is 0.417. The van der Waals surface area contributed by atoms with Crippen molar-refractivity contribution in [3.63, 3.8) is 0 Å². The molecule has 1 aromatic carbocycles. The molecule has 0 unspecified atom stereocenters. The highest BCUT2D eigenvalue weighted by Gasteiger charge is 2.31. The van der Waals surface area contributed by atoms with Gasteiger partial charge in [0, 0.05) is 0 Å². The molecule has 1 rings (SSSR count). The number of carboxylic acids is 1. The highest BCUT2D eigenvalue weighted by molar-refractivity contribution is 5.89. The van der Waals surface area contributed by atoms with E-state index in [-0.39, 0.29) is 23.8 Å². The van der Waals surface area contributed by atoms with Gasteiger partial charge in [-0.25, -0.2) is 4.79 Å². The van der Waals surface area contributed by atoms with Crippen molar-refractivity contribution in [1.82, 2.24) is 0 Å². The standard InChI is InChI=1S/C12H13F3O3/c1-7(2)18-6-8-3-4-9(12(13,14)15)5-10(8)11(16)17/h3-5,7H,6H2,1-2H3,(H,16,17). The molecule has 0 heterocycles. The molecule has 0 aliphatic heterocycles. The molecule has 1 aromatic rings. The summed E-state index contributed by atoms with van der Waals surface area (Å²) in [6.45, 7) is 3.48. The van der Waals surface area contributed by atoms with Gasteiger partial charge in [-0.3, -0.25) is 0 Å². The minimum atomic E-state index is -4.55. The Kier molecular flexibility index (Phi) is 4.34. The van der Waals surface area contributed by atoms with Crippen LogP contribution in [-0.4, -0.2) is 17.2 Å². The minimum Gasteiger partial charge on any atom is -0.478 e. The lowest BCUT2D eigenvalue weighted by Crippen LogP contribution is -2.11. The molecule has 0 atom stereocenters. The highest BCUT2D eigenvalue weighted by atomic mass is 19.4. The number of alkyl halides is 3. The number of carbonyl (C=O) groups is 1. The Bertz CT molecular complexity index is 439. The van der Waals surface area contributed by atoms with Crippen LogP contribution < -0.4 is 0 Å². The van der Waals surface area contributed by atoms with Crippen LogP contribution in [0.2, 0.25) is 0 Å². The van der Waals surface area contributed by atoms with E-state index in [4.69, 9.17) is 9.84 Å². The second kappa shape index (κ2) is 5.39. The third kappa shape index (κ3) is 3.73. The van der Waals surface area contributed by atoms with Gasteiger partial charge in [-0.1, -0.05) is 6.07 Å². The number of benzene rings is 1. The van der Waals surface area contributed by atoms with Crippen LogP contribution >= 0.6 is 0 Å². The second-order valence-corrected chi connectivity index (χ2v) is 4.03. The van der Waals surface area contributed by atoms with Crippen molar-refractivity contribution < 1.29 is 27.8 Å². The molecule has 0 aliphatic rings. The zero-order valence-electron chi connectivity index (χ0n) is 9.91. The van der Waals surface area contributed by atoms with Gasteiger partial charge < -0.3 is 9.84 Å². The molecule has 3 nitrogen and oxygen atoms in total. The summed E-state index contributed by atoms with van der Waals surface area (Å²) < 4.78 is 42.6. The lowest BCUT2D eigenvalue weighted by atomic mass is 10.0. The molecule has 0 saturated carbocycles. The Balaban J connectivity index is 3.09. The Morgan fingerprint density at radius 1 is 1.39 bits per heavy atom. The first-order valence-corrected chi connectivity index (χ1v) is 5.27. The summed E-state index contributed by atoms with van der Waals surface area (Å²) in [6.07, 6.45) is -4.68. The van der Waals surface area contributed by atoms with Crippen molar-refractivity contribution in [2.24, 2.45) is 0 Å². The first kappa shape index (κ1) is 14.5. The lowest BCUT2D eigenvalue weighted by molar-refractivity contribution is -0.137. The Hall–Kier alpha value is -1.56. The molecule has 0 aliphatic carbocycles. The number of aromatic carboxylic acids is 1. The normalized spacial score (nSPS) is 11.9. The van der Waals surface area contributed by atoms with Crippen molar-refractivity contribution >= 4 is 5.97 Å². The fourth-order valence-electron chi connectivity index (χ4n) is 1.33. The summed E-state index contributed by atoms with van der Waals surface area (Å²) in [5.41, 5.74) is -1.14. The van der Waals surface area contributed by atoms with E-state index < -0.39 is 17.7 Å². The second-order valence-electron chi connectivity index (χ2n) is 4.03. The van der Waals surface area contributed by atoms with E-state index in [2.05, 4.69) is 0 Å². The van der Waals surface area contributed by atoms with Gasteiger partial charge in [0.1, 0.15) is 0 Å². The van der Waals surface area contributed by atoms with Gasteiger partial charge in [0.05, 0.1) is 23.8 Å². The molecule has 0 radical (unpaired) electrons.